The van der Waals surface area contributed by atoms with Crippen molar-refractivity contribution >= 4 is 17.4 Å². The lowest BCUT2D eigenvalue weighted by Crippen LogP contribution is -2.55. The molecule has 0 radical (unpaired) electrons. The van der Waals surface area contributed by atoms with Gasteiger partial charge in [-0.3, -0.25) is 9.78 Å². The van der Waals surface area contributed by atoms with Gasteiger partial charge in [0.15, 0.2) is 11.5 Å². The van der Waals surface area contributed by atoms with Crippen molar-refractivity contribution in [1.82, 2.24) is 10.1 Å². The smallest absolute Gasteiger partial charge is 0.325 e. The van der Waals surface area contributed by atoms with Crippen LogP contribution in [0.25, 0.3) is 11.3 Å². The van der Waals surface area contributed by atoms with Gasteiger partial charge in [0.25, 0.3) is 6.17 Å². The van der Waals surface area contributed by atoms with Crippen molar-refractivity contribution in [2.75, 3.05) is 18.7 Å². The summed E-state index contributed by atoms with van der Waals surface area (Å²) in [6, 6.07) is 12.7. The van der Waals surface area contributed by atoms with Gasteiger partial charge in [0.2, 0.25) is 5.16 Å². The molecule has 7 nitrogen and oxygen atoms in total. The number of H-pyrrole nitrogens is 1. The Balaban J connectivity index is 1.97. The summed E-state index contributed by atoms with van der Waals surface area (Å²) in [6.07, 6.45) is 1.44. The van der Waals surface area contributed by atoms with E-state index in [4.69, 9.17) is 4.74 Å². The van der Waals surface area contributed by atoms with Gasteiger partial charge in [-0.1, -0.05) is 23.9 Å². The average Bonchev–Trinajstić information content (AvgIpc) is 2.67. The molecule has 4 rings (SSSR count). The minimum atomic E-state index is -0.414. The highest BCUT2D eigenvalue weighted by Gasteiger charge is 2.37. The van der Waals surface area contributed by atoms with E-state index in [0.29, 0.717) is 16.6 Å². The standard InChI is InChI=1S/C18H16N4O3S/c1-25-14-9-10(7-8-13(14)23)16-19-12-6-4-3-5-11(12)15-17(24)20-18(26-2)21-22(15)16/h3-9,16H,1-2H3,(H2,20,21,23,24)/p+1/t16-/m1/s1. The summed E-state index contributed by atoms with van der Waals surface area (Å²) in [5.74, 6) is 0.418. The molecule has 0 bridgehead atoms. The quantitative estimate of drug-likeness (QED) is 0.484. The molecule has 0 aliphatic carbocycles. The maximum atomic E-state index is 12.7. The number of aromatic amines is 1. The van der Waals surface area contributed by atoms with Crippen LogP contribution in [-0.4, -0.2) is 28.6 Å². The molecule has 1 atom stereocenters. The molecule has 1 aliphatic heterocycles. The van der Waals surface area contributed by atoms with Crippen LogP contribution in [0.15, 0.2) is 52.4 Å². The van der Waals surface area contributed by atoms with Gasteiger partial charge in [-0.25, -0.2) is 0 Å². The van der Waals surface area contributed by atoms with Crippen LogP contribution in [0.2, 0.25) is 0 Å². The third-order valence-corrected chi connectivity index (χ3v) is 4.87. The van der Waals surface area contributed by atoms with E-state index in [1.807, 2.05) is 30.5 Å². The van der Waals surface area contributed by atoms with Crippen molar-refractivity contribution in [3.05, 3.63) is 58.4 Å². The van der Waals surface area contributed by atoms with Crippen molar-refractivity contribution in [2.24, 2.45) is 0 Å². The highest BCUT2D eigenvalue weighted by molar-refractivity contribution is 7.98. The fraction of sp³-hybridized carbons (Fsp3) is 0.167. The number of phenolic OH excluding ortho intramolecular Hbond substituents is 1. The molecule has 0 saturated carbocycles. The highest BCUT2D eigenvalue weighted by Crippen LogP contribution is 2.34. The van der Waals surface area contributed by atoms with Gasteiger partial charge in [0, 0.05) is 10.7 Å². The third-order valence-electron chi connectivity index (χ3n) is 4.30. The van der Waals surface area contributed by atoms with E-state index in [1.165, 1.54) is 18.9 Å². The van der Waals surface area contributed by atoms with Gasteiger partial charge in [0.05, 0.1) is 18.4 Å². The average molecular weight is 369 g/mol. The molecule has 1 aromatic heterocycles. The second-order valence-corrected chi connectivity index (χ2v) is 6.58. The zero-order valence-electron chi connectivity index (χ0n) is 14.2. The number of rotatable bonds is 3. The minimum absolute atomic E-state index is 0.0568. The Kier molecular flexibility index (Phi) is 4.04. The lowest BCUT2D eigenvalue weighted by Gasteiger charge is -2.22. The number of benzene rings is 2. The molecule has 0 unspecified atom stereocenters. The molecular formula is C18H17N4O3S+. The van der Waals surface area contributed by atoms with Gasteiger partial charge in [-0.2, -0.15) is 0 Å². The monoisotopic (exact) mass is 369 g/mol. The normalized spacial score (nSPS) is 14.9. The van der Waals surface area contributed by atoms with Crippen molar-refractivity contribution in [3.63, 3.8) is 0 Å². The first kappa shape index (κ1) is 16.5. The Bertz CT molecular complexity index is 1050. The zero-order valence-corrected chi connectivity index (χ0v) is 15.0. The second-order valence-electron chi connectivity index (χ2n) is 5.78. The molecule has 0 spiro atoms. The lowest BCUT2D eigenvalue weighted by molar-refractivity contribution is -0.759. The Hall–Kier alpha value is -3.00. The number of nitrogens with one attached hydrogen (secondary N) is 2. The van der Waals surface area contributed by atoms with Crippen molar-refractivity contribution in [2.45, 2.75) is 11.3 Å². The van der Waals surface area contributed by atoms with Crippen LogP contribution in [0.5, 0.6) is 11.5 Å². The Labute approximate surface area is 153 Å². The molecule has 0 amide bonds. The van der Waals surface area contributed by atoms with Gasteiger partial charge in [-0.15, -0.1) is 0 Å². The number of aromatic hydroxyl groups is 1. The number of para-hydroxylation sites is 1. The first-order chi connectivity index (χ1) is 12.6. The van der Waals surface area contributed by atoms with E-state index >= 15 is 0 Å². The van der Waals surface area contributed by atoms with Crippen LogP contribution in [0.1, 0.15) is 11.7 Å². The van der Waals surface area contributed by atoms with Crippen LogP contribution in [0.3, 0.4) is 0 Å². The maximum Gasteiger partial charge on any atom is 0.325 e. The first-order valence-corrected chi connectivity index (χ1v) is 9.18. The van der Waals surface area contributed by atoms with E-state index in [-0.39, 0.29) is 11.3 Å². The summed E-state index contributed by atoms with van der Waals surface area (Å²) in [6.45, 7) is 0. The van der Waals surface area contributed by atoms with E-state index in [9.17, 15) is 9.90 Å². The van der Waals surface area contributed by atoms with Crippen LogP contribution in [0, 0.1) is 0 Å². The molecule has 2 aromatic carbocycles. The number of nitrogens with zero attached hydrogens (tertiary/aromatic N) is 2. The Morgan fingerprint density at radius 3 is 2.85 bits per heavy atom. The molecular weight excluding hydrogens is 352 g/mol. The van der Waals surface area contributed by atoms with Gasteiger partial charge < -0.3 is 15.2 Å². The molecule has 0 saturated heterocycles. The Morgan fingerprint density at radius 1 is 1.27 bits per heavy atom. The van der Waals surface area contributed by atoms with E-state index in [0.717, 1.165) is 16.8 Å². The van der Waals surface area contributed by atoms with Crippen molar-refractivity contribution in [3.8, 4) is 22.8 Å². The molecule has 0 fully saturated rings. The molecule has 1 aliphatic rings. The number of anilines is 1. The maximum absolute atomic E-state index is 12.7. The van der Waals surface area contributed by atoms with Crippen LogP contribution >= 0.6 is 11.8 Å². The molecule has 3 aromatic rings. The largest absolute Gasteiger partial charge is 0.504 e. The van der Waals surface area contributed by atoms with E-state index < -0.39 is 6.17 Å². The minimum Gasteiger partial charge on any atom is -0.504 e. The number of thioether (sulfide) groups is 1. The lowest BCUT2D eigenvalue weighted by atomic mass is 10.0. The predicted octanol–water partition coefficient (Wildman–Crippen LogP) is 2.13. The predicted molar refractivity (Wildman–Crippen MR) is 98.7 cm³/mol. The zero-order chi connectivity index (χ0) is 18.3. The fourth-order valence-electron chi connectivity index (χ4n) is 3.07. The number of aromatic nitrogens is 3. The summed E-state index contributed by atoms with van der Waals surface area (Å²) < 4.78 is 6.90. The second kappa shape index (κ2) is 6.38. The number of methoxy groups -OCH3 is 1. The molecule has 3 N–H and O–H groups in total. The molecule has 8 heteroatoms. The molecule has 132 valence electrons. The molecule has 26 heavy (non-hydrogen) atoms. The van der Waals surface area contributed by atoms with Crippen molar-refractivity contribution in [1.29, 1.82) is 0 Å². The highest BCUT2D eigenvalue weighted by atomic mass is 32.2. The summed E-state index contributed by atoms with van der Waals surface area (Å²) >= 11 is 1.36. The van der Waals surface area contributed by atoms with Gasteiger partial charge in [-0.05, 0) is 41.3 Å². The number of hydrogen-bond donors (Lipinski definition) is 3. The summed E-state index contributed by atoms with van der Waals surface area (Å²) in [7, 11) is 1.50. The number of ether oxygens (including phenoxy) is 1. The first-order valence-electron chi connectivity index (χ1n) is 7.95. The van der Waals surface area contributed by atoms with E-state index in [2.05, 4.69) is 15.4 Å². The number of fused-ring (bicyclic) bond motifs is 3. The third kappa shape index (κ3) is 2.59. The fourth-order valence-corrected chi connectivity index (χ4v) is 3.43. The summed E-state index contributed by atoms with van der Waals surface area (Å²) in [4.78, 5) is 15.6. The van der Waals surface area contributed by atoms with Crippen molar-refractivity contribution < 1.29 is 14.5 Å². The number of hydrogen-bond acceptors (Lipinski definition) is 6. The topological polar surface area (TPSA) is 91.1 Å². The van der Waals surface area contributed by atoms with Gasteiger partial charge >= 0.3 is 11.3 Å². The van der Waals surface area contributed by atoms with Crippen LogP contribution < -0.4 is 20.3 Å². The van der Waals surface area contributed by atoms with Crippen LogP contribution in [0.4, 0.5) is 5.69 Å². The Morgan fingerprint density at radius 2 is 2.08 bits per heavy atom. The number of phenols is 1. The van der Waals surface area contributed by atoms with E-state index in [1.54, 1.807) is 22.9 Å². The summed E-state index contributed by atoms with van der Waals surface area (Å²) in [5.41, 5.74) is 2.72. The molecule has 2 heterocycles. The van der Waals surface area contributed by atoms with Crippen LogP contribution in [-0.2, 0) is 0 Å². The van der Waals surface area contributed by atoms with Gasteiger partial charge in [0.1, 0.15) is 0 Å². The SMILES string of the molecule is COc1cc([C@@H]2Nc3ccccc3-c3c(=O)[nH]c(SC)n[n+]32)ccc1O. The summed E-state index contributed by atoms with van der Waals surface area (Å²) in [5, 5.41) is 18.4.